The summed E-state index contributed by atoms with van der Waals surface area (Å²) >= 11 is 1.34. The van der Waals surface area contributed by atoms with E-state index in [1.807, 2.05) is 43.6 Å². The summed E-state index contributed by atoms with van der Waals surface area (Å²) in [7, 11) is 2.05. The highest BCUT2D eigenvalue weighted by Crippen LogP contribution is 2.17. The molecule has 7 nitrogen and oxygen atoms in total. The number of benzene rings is 1. The molecule has 1 fully saturated rings. The molecule has 2 aromatic rings. The first-order valence-corrected chi connectivity index (χ1v) is 9.88. The van der Waals surface area contributed by atoms with E-state index in [-0.39, 0.29) is 18.4 Å². The van der Waals surface area contributed by atoms with Crippen LogP contribution in [0.3, 0.4) is 0 Å². The molecule has 3 rings (SSSR count). The Morgan fingerprint density at radius 2 is 1.85 bits per heavy atom. The lowest BCUT2D eigenvalue weighted by molar-refractivity contribution is -0.120. The molecule has 0 bridgehead atoms. The van der Waals surface area contributed by atoms with Crippen LogP contribution in [-0.2, 0) is 17.8 Å². The highest BCUT2D eigenvalue weighted by atomic mass is 32.1. The van der Waals surface area contributed by atoms with E-state index in [9.17, 15) is 9.59 Å². The molecule has 2 heterocycles. The summed E-state index contributed by atoms with van der Waals surface area (Å²) in [5.74, 6) is -0.0854. The molecule has 0 spiro atoms. The van der Waals surface area contributed by atoms with Gasteiger partial charge >= 0.3 is 6.03 Å². The van der Waals surface area contributed by atoms with Gasteiger partial charge in [0.15, 0.2) is 5.13 Å². The standard InChI is InChI=1S/C19H25N5O2S/c1-14-3-5-15(6-4-14)12-20-17(25)11-16-13-27-18(21-16)22-19(26)24-9-7-23(2)8-10-24/h3-6,13H,7-12H2,1-2H3,(H,20,25)(H,21,22,26). The number of aryl methyl sites for hydroxylation is 1. The third-order valence-electron chi connectivity index (χ3n) is 4.51. The van der Waals surface area contributed by atoms with Crippen LogP contribution in [0.2, 0.25) is 0 Å². The monoisotopic (exact) mass is 387 g/mol. The number of piperazine rings is 1. The smallest absolute Gasteiger partial charge is 0.323 e. The van der Waals surface area contributed by atoms with Crippen LogP contribution < -0.4 is 10.6 Å². The predicted octanol–water partition coefficient (Wildman–Crippen LogP) is 2.09. The summed E-state index contributed by atoms with van der Waals surface area (Å²) in [4.78, 5) is 32.7. The number of nitrogens with zero attached hydrogens (tertiary/aromatic N) is 3. The molecule has 8 heteroatoms. The van der Waals surface area contributed by atoms with Gasteiger partial charge in [-0.05, 0) is 19.5 Å². The minimum atomic E-state index is -0.132. The zero-order valence-corrected chi connectivity index (χ0v) is 16.5. The van der Waals surface area contributed by atoms with Crippen molar-refractivity contribution in [1.82, 2.24) is 20.1 Å². The molecule has 3 amide bonds. The van der Waals surface area contributed by atoms with Gasteiger partial charge in [-0.3, -0.25) is 10.1 Å². The van der Waals surface area contributed by atoms with Crippen LogP contribution in [0.4, 0.5) is 9.93 Å². The number of thiazole rings is 1. The van der Waals surface area contributed by atoms with E-state index in [0.717, 1.165) is 18.7 Å². The lowest BCUT2D eigenvalue weighted by atomic mass is 10.1. The van der Waals surface area contributed by atoms with Gasteiger partial charge in [-0.25, -0.2) is 9.78 Å². The summed E-state index contributed by atoms with van der Waals surface area (Å²) in [6.45, 7) is 5.69. The van der Waals surface area contributed by atoms with E-state index in [0.29, 0.717) is 30.5 Å². The van der Waals surface area contributed by atoms with Crippen LogP contribution in [0.5, 0.6) is 0 Å². The van der Waals surface area contributed by atoms with Crippen molar-refractivity contribution in [2.45, 2.75) is 19.9 Å². The normalized spacial score (nSPS) is 14.8. The van der Waals surface area contributed by atoms with E-state index >= 15 is 0 Å². The SMILES string of the molecule is Cc1ccc(CNC(=O)Cc2csc(NC(=O)N3CCN(C)CC3)n2)cc1. The third kappa shape index (κ3) is 5.77. The highest BCUT2D eigenvalue weighted by Gasteiger charge is 2.20. The number of hydrogen-bond donors (Lipinski definition) is 2. The molecular formula is C19H25N5O2S. The Kier molecular flexibility index (Phi) is 6.41. The van der Waals surface area contributed by atoms with E-state index < -0.39 is 0 Å². The van der Waals surface area contributed by atoms with Gasteiger partial charge in [-0.1, -0.05) is 29.8 Å². The second-order valence-electron chi connectivity index (χ2n) is 6.80. The van der Waals surface area contributed by atoms with Crippen molar-refractivity contribution in [3.63, 3.8) is 0 Å². The fourth-order valence-corrected chi connectivity index (χ4v) is 3.46. The van der Waals surface area contributed by atoms with Crippen molar-refractivity contribution in [1.29, 1.82) is 0 Å². The quantitative estimate of drug-likeness (QED) is 0.824. The molecule has 0 saturated carbocycles. The summed E-state index contributed by atoms with van der Waals surface area (Å²) in [5, 5.41) is 8.06. The number of likely N-dealkylation sites (N-methyl/N-ethyl adjacent to an activating group) is 1. The van der Waals surface area contributed by atoms with Crippen molar-refractivity contribution >= 4 is 28.4 Å². The molecule has 1 aliphatic rings. The topological polar surface area (TPSA) is 77.6 Å². The maximum Gasteiger partial charge on any atom is 0.323 e. The molecule has 144 valence electrons. The number of anilines is 1. The number of carbonyl (C=O) groups excluding carboxylic acids is 2. The van der Waals surface area contributed by atoms with Crippen LogP contribution in [0, 0.1) is 6.92 Å². The lowest BCUT2D eigenvalue weighted by Gasteiger charge is -2.32. The van der Waals surface area contributed by atoms with E-state index in [1.54, 1.807) is 4.90 Å². The van der Waals surface area contributed by atoms with Crippen molar-refractivity contribution in [3.8, 4) is 0 Å². The van der Waals surface area contributed by atoms with Crippen molar-refractivity contribution < 1.29 is 9.59 Å². The first kappa shape index (κ1) is 19.3. The second kappa shape index (κ2) is 8.96. The Hall–Kier alpha value is -2.45. The molecule has 0 atom stereocenters. The predicted molar refractivity (Wildman–Crippen MR) is 107 cm³/mol. The van der Waals surface area contributed by atoms with Crippen molar-refractivity contribution in [2.24, 2.45) is 0 Å². The van der Waals surface area contributed by atoms with E-state index in [2.05, 4.69) is 20.5 Å². The number of urea groups is 1. The largest absolute Gasteiger partial charge is 0.352 e. The number of aromatic nitrogens is 1. The maximum atomic E-state index is 12.3. The van der Waals surface area contributed by atoms with Gasteiger partial charge in [0.25, 0.3) is 0 Å². The molecule has 1 aromatic carbocycles. The number of rotatable bonds is 5. The Morgan fingerprint density at radius 3 is 2.56 bits per heavy atom. The Balaban J connectivity index is 1.45. The maximum absolute atomic E-state index is 12.3. The first-order chi connectivity index (χ1) is 13.0. The Bertz CT molecular complexity index is 782. The molecule has 0 aliphatic carbocycles. The average molecular weight is 388 g/mol. The van der Waals surface area contributed by atoms with Gasteiger partial charge in [-0.15, -0.1) is 11.3 Å². The van der Waals surface area contributed by atoms with Crippen LogP contribution >= 0.6 is 11.3 Å². The van der Waals surface area contributed by atoms with Crippen molar-refractivity contribution in [2.75, 3.05) is 38.5 Å². The fraction of sp³-hybridized carbons (Fsp3) is 0.421. The molecule has 1 aliphatic heterocycles. The highest BCUT2D eigenvalue weighted by molar-refractivity contribution is 7.13. The minimum Gasteiger partial charge on any atom is -0.352 e. The molecule has 27 heavy (non-hydrogen) atoms. The number of nitrogens with one attached hydrogen (secondary N) is 2. The van der Waals surface area contributed by atoms with Gasteiger partial charge in [-0.2, -0.15) is 0 Å². The number of carbonyl (C=O) groups is 2. The second-order valence-corrected chi connectivity index (χ2v) is 7.66. The lowest BCUT2D eigenvalue weighted by Crippen LogP contribution is -2.48. The number of amides is 3. The molecule has 1 saturated heterocycles. The first-order valence-electron chi connectivity index (χ1n) is 9.01. The van der Waals surface area contributed by atoms with Gasteiger partial charge in [0.1, 0.15) is 0 Å². The van der Waals surface area contributed by atoms with Crippen LogP contribution in [0.15, 0.2) is 29.6 Å². The molecule has 2 N–H and O–H groups in total. The summed E-state index contributed by atoms with van der Waals surface area (Å²) in [6, 6.07) is 7.93. The van der Waals surface area contributed by atoms with E-state index in [4.69, 9.17) is 0 Å². The van der Waals surface area contributed by atoms with Crippen LogP contribution in [0.25, 0.3) is 0 Å². The van der Waals surface area contributed by atoms with Crippen molar-refractivity contribution in [3.05, 3.63) is 46.5 Å². The molecule has 0 unspecified atom stereocenters. The zero-order valence-electron chi connectivity index (χ0n) is 15.7. The zero-order chi connectivity index (χ0) is 19.2. The molecule has 1 aromatic heterocycles. The van der Waals surface area contributed by atoms with Crippen LogP contribution in [0.1, 0.15) is 16.8 Å². The minimum absolute atomic E-state index is 0.0854. The summed E-state index contributed by atoms with van der Waals surface area (Å²) < 4.78 is 0. The van der Waals surface area contributed by atoms with Gasteiger partial charge in [0.2, 0.25) is 5.91 Å². The summed E-state index contributed by atoms with van der Waals surface area (Å²) in [6.07, 6.45) is 0.201. The van der Waals surface area contributed by atoms with Gasteiger partial charge < -0.3 is 15.1 Å². The average Bonchev–Trinajstić information content (AvgIpc) is 3.08. The molecule has 0 radical (unpaired) electrons. The van der Waals surface area contributed by atoms with Crippen LogP contribution in [-0.4, -0.2) is 59.9 Å². The fourth-order valence-electron chi connectivity index (χ4n) is 2.76. The molecular weight excluding hydrogens is 362 g/mol. The number of hydrogen-bond acceptors (Lipinski definition) is 5. The van der Waals surface area contributed by atoms with E-state index in [1.165, 1.54) is 16.9 Å². The Morgan fingerprint density at radius 1 is 1.15 bits per heavy atom. The van der Waals surface area contributed by atoms with Gasteiger partial charge in [0.05, 0.1) is 12.1 Å². The van der Waals surface area contributed by atoms with Gasteiger partial charge in [0, 0.05) is 38.1 Å². The summed E-state index contributed by atoms with van der Waals surface area (Å²) in [5.41, 5.74) is 2.92. The third-order valence-corrected chi connectivity index (χ3v) is 5.31. The Labute approximate surface area is 163 Å².